The fourth-order valence-corrected chi connectivity index (χ4v) is 2.49. The highest BCUT2D eigenvalue weighted by molar-refractivity contribution is 5.99. The van der Waals surface area contributed by atoms with Crippen LogP contribution in [0.2, 0.25) is 0 Å². The lowest BCUT2D eigenvalue weighted by Gasteiger charge is -2.15. The number of hydrogen-bond donors (Lipinski definition) is 2. The summed E-state index contributed by atoms with van der Waals surface area (Å²) in [7, 11) is 1.58. The molecule has 1 aliphatic rings. The summed E-state index contributed by atoms with van der Waals surface area (Å²) in [6.45, 7) is 0. The van der Waals surface area contributed by atoms with Crippen molar-refractivity contribution in [1.29, 1.82) is 0 Å². The van der Waals surface area contributed by atoms with Gasteiger partial charge in [0.25, 0.3) is 0 Å². The molecule has 1 aliphatic heterocycles. The molecular formula is C16H15NO3. The van der Waals surface area contributed by atoms with Gasteiger partial charge < -0.3 is 15.2 Å². The summed E-state index contributed by atoms with van der Waals surface area (Å²) < 4.78 is 5.27. The maximum atomic E-state index is 11.4. The van der Waals surface area contributed by atoms with E-state index >= 15 is 0 Å². The highest BCUT2D eigenvalue weighted by Gasteiger charge is 2.21. The average Bonchev–Trinajstić information content (AvgIpc) is 2.85. The molecular weight excluding hydrogens is 254 g/mol. The van der Waals surface area contributed by atoms with Crippen LogP contribution in [0.25, 0.3) is 0 Å². The minimum absolute atomic E-state index is 0.0102. The van der Waals surface area contributed by atoms with Gasteiger partial charge in [0, 0.05) is 11.3 Å². The van der Waals surface area contributed by atoms with Gasteiger partial charge in [-0.2, -0.15) is 0 Å². The molecule has 20 heavy (non-hydrogen) atoms. The number of carbonyl (C=O) groups is 1. The maximum Gasteiger partial charge on any atom is 0.228 e. The lowest BCUT2D eigenvalue weighted by Crippen LogP contribution is -2.03. The van der Waals surface area contributed by atoms with E-state index in [9.17, 15) is 9.90 Å². The Kier molecular flexibility index (Phi) is 3.16. The fraction of sp³-hybridized carbons (Fsp3) is 0.188. The van der Waals surface area contributed by atoms with Gasteiger partial charge in [0.05, 0.1) is 13.5 Å². The zero-order valence-corrected chi connectivity index (χ0v) is 11.1. The highest BCUT2D eigenvalue weighted by atomic mass is 16.5. The SMILES string of the molecule is COc1ccccc1C(O)c1ccc2c(c1)CC(=O)N2. The Hall–Kier alpha value is -2.33. The zero-order valence-electron chi connectivity index (χ0n) is 11.1. The van der Waals surface area contributed by atoms with E-state index in [4.69, 9.17) is 4.74 Å². The Balaban J connectivity index is 1.97. The van der Waals surface area contributed by atoms with Gasteiger partial charge in [-0.05, 0) is 23.3 Å². The number of ether oxygens (including phenoxy) is 1. The predicted molar refractivity (Wildman–Crippen MR) is 75.8 cm³/mol. The summed E-state index contributed by atoms with van der Waals surface area (Å²) in [6.07, 6.45) is -0.408. The van der Waals surface area contributed by atoms with Gasteiger partial charge in [-0.15, -0.1) is 0 Å². The van der Waals surface area contributed by atoms with Crippen LogP contribution in [0, 0.1) is 0 Å². The second kappa shape index (κ2) is 4.98. The highest BCUT2D eigenvalue weighted by Crippen LogP contribution is 2.32. The number of nitrogens with one attached hydrogen (secondary N) is 1. The van der Waals surface area contributed by atoms with E-state index in [1.54, 1.807) is 7.11 Å². The molecule has 1 amide bonds. The van der Waals surface area contributed by atoms with Crippen molar-refractivity contribution in [2.24, 2.45) is 0 Å². The minimum atomic E-state index is -0.771. The van der Waals surface area contributed by atoms with Gasteiger partial charge in [-0.3, -0.25) is 4.79 Å². The Morgan fingerprint density at radius 3 is 2.85 bits per heavy atom. The molecule has 0 saturated carbocycles. The van der Waals surface area contributed by atoms with Gasteiger partial charge in [0.2, 0.25) is 5.91 Å². The van der Waals surface area contributed by atoms with Crippen LogP contribution in [0.1, 0.15) is 22.8 Å². The first-order chi connectivity index (χ1) is 9.69. The monoisotopic (exact) mass is 269 g/mol. The van der Waals surface area contributed by atoms with Crippen molar-refractivity contribution < 1.29 is 14.6 Å². The smallest absolute Gasteiger partial charge is 0.228 e. The number of carbonyl (C=O) groups excluding carboxylic acids is 1. The van der Waals surface area contributed by atoms with Crippen LogP contribution >= 0.6 is 0 Å². The molecule has 1 heterocycles. The molecule has 2 aromatic rings. The van der Waals surface area contributed by atoms with Crippen molar-refractivity contribution in [3.63, 3.8) is 0 Å². The summed E-state index contributed by atoms with van der Waals surface area (Å²) in [5, 5.41) is 13.3. The molecule has 0 saturated heterocycles. The van der Waals surface area contributed by atoms with Crippen LogP contribution in [-0.4, -0.2) is 18.1 Å². The largest absolute Gasteiger partial charge is 0.496 e. The number of anilines is 1. The topological polar surface area (TPSA) is 58.6 Å². The van der Waals surface area contributed by atoms with Crippen LogP contribution in [0.5, 0.6) is 5.75 Å². The molecule has 1 atom stereocenters. The van der Waals surface area contributed by atoms with Crippen molar-refractivity contribution in [2.75, 3.05) is 12.4 Å². The second-order valence-corrected chi connectivity index (χ2v) is 4.79. The van der Waals surface area contributed by atoms with Gasteiger partial charge in [0.1, 0.15) is 11.9 Å². The van der Waals surface area contributed by atoms with E-state index < -0.39 is 6.10 Å². The normalized spacial score (nSPS) is 14.6. The predicted octanol–water partition coefficient (Wildman–Crippen LogP) is 2.27. The number of aliphatic hydroxyl groups excluding tert-OH is 1. The first-order valence-electron chi connectivity index (χ1n) is 6.42. The first kappa shape index (κ1) is 12.7. The summed E-state index contributed by atoms with van der Waals surface area (Å²) >= 11 is 0. The van der Waals surface area contributed by atoms with E-state index in [-0.39, 0.29) is 5.91 Å². The molecule has 102 valence electrons. The molecule has 3 rings (SSSR count). The van der Waals surface area contributed by atoms with Crippen molar-refractivity contribution in [1.82, 2.24) is 0 Å². The van der Waals surface area contributed by atoms with E-state index in [2.05, 4.69) is 5.32 Å². The second-order valence-electron chi connectivity index (χ2n) is 4.79. The molecule has 0 fully saturated rings. The summed E-state index contributed by atoms with van der Waals surface area (Å²) in [6, 6.07) is 12.9. The molecule has 2 N–H and O–H groups in total. The lowest BCUT2D eigenvalue weighted by molar-refractivity contribution is -0.115. The standard InChI is InChI=1S/C16H15NO3/c1-20-14-5-3-2-4-12(14)16(19)10-6-7-13-11(8-10)9-15(18)17-13/h2-8,16,19H,9H2,1H3,(H,17,18). The van der Waals surface area contributed by atoms with Crippen molar-refractivity contribution in [3.05, 3.63) is 59.2 Å². The lowest BCUT2D eigenvalue weighted by atomic mass is 9.98. The van der Waals surface area contributed by atoms with E-state index in [0.717, 1.165) is 16.8 Å². The number of aliphatic hydroxyl groups is 1. The molecule has 0 spiro atoms. The molecule has 0 radical (unpaired) electrons. The van der Waals surface area contributed by atoms with Gasteiger partial charge >= 0.3 is 0 Å². The Morgan fingerprint density at radius 2 is 2.05 bits per heavy atom. The molecule has 0 bridgehead atoms. The summed E-state index contributed by atoms with van der Waals surface area (Å²) in [5.41, 5.74) is 3.21. The third kappa shape index (κ3) is 2.14. The van der Waals surface area contributed by atoms with Gasteiger partial charge in [-0.25, -0.2) is 0 Å². The number of methoxy groups -OCH3 is 1. The third-order valence-corrected chi connectivity index (χ3v) is 3.50. The van der Waals surface area contributed by atoms with Crippen LogP contribution < -0.4 is 10.1 Å². The quantitative estimate of drug-likeness (QED) is 0.898. The molecule has 4 heteroatoms. The van der Waals surface area contributed by atoms with Crippen molar-refractivity contribution in [3.8, 4) is 5.75 Å². The number of fused-ring (bicyclic) bond motifs is 1. The summed E-state index contributed by atoms with van der Waals surface area (Å²) in [5.74, 6) is 0.638. The molecule has 0 aromatic heterocycles. The average molecular weight is 269 g/mol. The molecule has 1 unspecified atom stereocenters. The minimum Gasteiger partial charge on any atom is -0.496 e. The van der Waals surface area contributed by atoms with Gasteiger partial charge in [-0.1, -0.05) is 30.3 Å². The number of benzene rings is 2. The first-order valence-corrected chi connectivity index (χ1v) is 6.42. The Bertz CT molecular complexity index is 667. The number of rotatable bonds is 3. The van der Waals surface area contributed by atoms with E-state index in [1.807, 2.05) is 42.5 Å². The van der Waals surface area contributed by atoms with Crippen LogP contribution in [0.15, 0.2) is 42.5 Å². The van der Waals surface area contributed by atoms with Crippen molar-refractivity contribution >= 4 is 11.6 Å². The van der Waals surface area contributed by atoms with Crippen LogP contribution in [0.3, 0.4) is 0 Å². The molecule has 0 aliphatic carbocycles. The summed E-state index contributed by atoms with van der Waals surface area (Å²) in [4.78, 5) is 11.4. The number of hydrogen-bond acceptors (Lipinski definition) is 3. The van der Waals surface area contributed by atoms with Crippen LogP contribution in [-0.2, 0) is 11.2 Å². The van der Waals surface area contributed by atoms with E-state index in [0.29, 0.717) is 17.7 Å². The zero-order chi connectivity index (χ0) is 14.1. The third-order valence-electron chi connectivity index (χ3n) is 3.50. The van der Waals surface area contributed by atoms with Gasteiger partial charge in [0.15, 0.2) is 0 Å². The molecule has 4 nitrogen and oxygen atoms in total. The van der Waals surface area contributed by atoms with E-state index in [1.165, 1.54) is 0 Å². The molecule has 2 aromatic carbocycles. The number of amides is 1. The van der Waals surface area contributed by atoms with Crippen molar-refractivity contribution in [2.45, 2.75) is 12.5 Å². The fourth-order valence-electron chi connectivity index (χ4n) is 2.49. The maximum absolute atomic E-state index is 11.4. The van der Waals surface area contributed by atoms with Crippen LogP contribution in [0.4, 0.5) is 5.69 Å². The Labute approximate surface area is 117 Å². The number of para-hydroxylation sites is 1. The Morgan fingerprint density at radius 1 is 1.25 bits per heavy atom.